The molecule has 4 aromatic rings. The van der Waals surface area contributed by atoms with E-state index in [0.29, 0.717) is 50.4 Å². The van der Waals surface area contributed by atoms with Crippen molar-refractivity contribution in [1.29, 1.82) is 0 Å². The summed E-state index contributed by atoms with van der Waals surface area (Å²) in [6.07, 6.45) is -0.241. The monoisotopic (exact) mass is 602 g/mol. The van der Waals surface area contributed by atoms with Gasteiger partial charge in [0.25, 0.3) is 0 Å². The van der Waals surface area contributed by atoms with E-state index < -0.39 is 23.4 Å². The summed E-state index contributed by atoms with van der Waals surface area (Å²) < 4.78 is 79.4. The van der Waals surface area contributed by atoms with Crippen LogP contribution in [0.3, 0.4) is 0 Å². The van der Waals surface area contributed by atoms with Crippen molar-refractivity contribution in [3.8, 4) is 5.69 Å². The molecule has 0 bridgehead atoms. The van der Waals surface area contributed by atoms with Gasteiger partial charge in [0.05, 0.1) is 30.8 Å². The average molecular weight is 603 g/mol. The van der Waals surface area contributed by atoms with E-state index in [1.54, 1.807) is 17.2 Å². The maximum Gasteiger partial charge on any atom is 0.420 e. The van der Waals surface area contributed by atoms with Crippen LogP contribution in [0.25, 0.3) is 16.7 Å². The second kappa shape index (κ2) is 11.7. The van der Waals surface area contributed by atoms with Gasteiger partial charge in [-0.25, -0.2) is 18.7 Å². The first-order chi connectivity index (χ1) is 20.5. The minimum absolute atomic E-state index is 0.00345. The summed E-state index contributed by atoms with van der Waals surface area (Å²) in [6.45, 7) is 6.94. The number of benzene rings is 1. The van der Waals surface area contributed by atoms with Crippen LogP contribution in [-0.4, -0.2) is 75.9 Å². The number of alkyl halides is 3. The first-order valence-corrected chi connectivity index (χ1v) is 14.0. The fraction of sp³-hybridized carbons (Fsp3) is 0.414. The van der Waals surface area contributed by atoms with E-state index in [4.69, 9.17) is 4.74 Å². The van der Waals surface area contributed by atoms with Crippen LogP contribution < -0.4 is 15.5 Å². The molecule has 2 aliphatic heterocycles. The molecule has 0 spiro atoms. The highest BCUT2D eigenvalue weighted by Crippen LogP contribution is 2.38. The van der Waals surface area contributed by atoms with Crippen LogP contribution in [0.2, 0.25) is 0 Å². The van der Waals surface area contributed by atoms with Gasteiger partial charge in [-0.15, -0.1) is 0 Å². The SMILES string of the molecule is CC1CN(c2ncc(Nc3ncc4ccn(-c5cc(F)c(CN6CCOCC6)c(F)c5)c4n3)cc2C(F)(F)F)CC(C)N1. The Balaban J connectivity index is 1.28. The maximum atomic E-state index is 15.1. The minimum atomic E-state index is -4.64. The number of morpholine rings is 1. The molecular formula is C29H31F5N8O. The van der Waals surface area contributed by atoms with Crippen molar-refractivity contribution >= 4 is 28.5 Å². The molecule has 2 unspecified atom stereocenters. The van der Waals surface area contributed by atoms with Crippen LogP contribution in [0, 0.1) is 11.6 Å². The summed E-state index contributed by atoms with van der Waals surface area (Å²) in [5.74, 6) is -1.50. The first-order valence-electron chi connectivity index (χ1n) is 14.0. The lowest BCUT2D eigenvalue weighted by atomic mass is 10.1. The van der Waals surface area contributed by atoms with Crippen LogP contribution in [0.4, 0.5) is 39.4 Å². The molecule has 2 saturated heterocycles. The first kappa shape index (κ1) is 29.2. The van der Waals surface area contributed by atoms with Crippen molar-refractivity contribution in [1.82, 2.24) is 29.7 Å². The van der Waals surface area contributed by atoms with Gasteiger partial charge in [0.2, 0.25) is 5.95 Å². The summed E-state index contributed by atoms with van der Waals surface area (Å²) in [6, 6.07) is 5.16. The number of rotatable bonds is 6. The summed E-state index contributed by atoms with van der Waals surface area (Å²) in [5, 5.41) is 6.69. The Bertz CT molecular complexity index is 1590. The third-order valence-corrected chi connectivity index (χ3v) is 7.60. The van der Waals surface area contributed by atoms with E-state index in [-0.39, 0.29) is 47.3 Å². The Kier molecular flexibility index (Phi) is 7.92. The van der Waals surface area contributed by atoms with Gasteiger partial charge in [-0.1, -0.05) is 0 Å². The molecule has 3 aromatic heterocycles. The normalized spacial score (nSPS) is 20.1. The number of hydrogen-bond acceptors (Lipinski definition) is 8. The van der Waals surface area contributed by atoms with Crippen LogP contribution in [0.15, 0.2) is 42.9 Å². The fourth-order valence-corrected chi connectivity index (χ4v) is 5.66. The summed E-state index contributed by atoms with van der Waals surface area (Å²) in [7, 11) is 0. The fourth-order valence-electron chi connectivity index (χ4n) is 5.66. The van der Waals surface area contributed by atoms with Gasteiger partial charge >= 0.3 is 6.18 Å². The Hall–Kier alpha value is -3.88. The molecule has 2 aliphatic rings. The molecule has 228 valence electrons. The Labute approximate surface area is 244 Å². The third kappa shape index (κ3) is 6.26. The zero-order chi connectivity index (χ0) is 30.3. The van der Waals surface area contributed by atoms with Crippen molar-refractivity contribution in [3.63, 3.8) is 0 Å². The molecular weight excluding hydrogens is 571 g/mol. The number of nitrogens with zero attached hydrogens (tertiary/aromatic N) is 6. The summed E-state index contributed by atoms with van der Waals surface area (Å²) in [5.41, 5.74) is -0.312. The molecule has 2 fully saturated rings. The molecule has 9 nitrogen and oxygen atoms in total. The van der Waals surface area contributed by atoms with E-state index in [2.05, 4.69) is 25.6 Å². The largest absolute Gasteiger partial charge is 0.420 e. The number of piperazine rings is 1. The minimum Gasteiger partial charge on any atom is -0.379 e. The molecule has 5 heterocycles. The smallest absolute Gasteiger partial charge is 0.379 e. The number of pyridine rings is 1. The zero-order valence-corrected chi connectivity index (χ0v) is 23.6. The molecule has 1 aromatic carbocycles. The molecule has 2 atom stereocenters. The van der Waals surface area contributed by atoms with Gasteiger partial charge in [-0.3, -0.25) is 4.90 Å². The number of anilines is 3. The third-order valence-electron chi connectivity index (χ3n) is 7.60. The second-order valence-corrected chi connectivity index (χ2v) is 11.0. The molecule has 0 saturated carbocycles. The van der Waals surface area contributed by atoms with Gasteiger partial charge in [-0.2, -0.15) is 18.2 Å². The number of fused-ring (bicyclic) bond motifs is 1. The van der Waals surface area contributed by atoms with Crippen LogP contribution >= 0.6 is 0 Å². The predicted molar refractivity (Wildman–Crippen MR) is 152 cm³/mol. The lowest BCUT2D eigenvalue weighted by Crippen LogP contribution is -2.54. The average Bonchev–Trinajstić information content (AvgIpc) is 3.38. The second-order valence-electron chi connectivity index (χ2n) is 11.0. The van der Waals surface area contributed by atoms with Crippen molar-refractivity contribution in [2.45, 2.75) is 38.7 Å². The zero-order valence-electron chi connectivity index (χ0n) is 23.6. The van der Waals surface area contributed by atoms with Gasteiger partial charge in [0.15, 0.2) is 0 Å². The van der Waals surface area contributed by atoms with Gasteiger partial charge in [0.1, 0.15) is 28.7 Å². The number of nitrogens with one attached hydrogen (secondary N) is 2. The number of ether oxygens (including phenoxy) is 1. The predicted octanol–water partition coefficient (Wildman–Crippen LogP) is 4.87. The van der Waals surface area contributed by atoms with Crippen LogP contribution in [-0.2, 0) is 17.5 Å². The van der Waals surface area contributed by atoms with Crippen molar-refractivity contribution < 1.29 is 26.7 Å². The van der Waals surface area contributed by atoms with E-state index in [1.165, 1.54) is 29.1 Å². The molecule has 0 radical (unpaired) electrons. The quantitative estimate of drug-likeness (QED) is 0.303. The highest BCUT2D eigenvalue weighted by molar-refractivity contribution is 5.79. The number of hydrogen-bond donors (Lipinski definition) is 2. The van der Waals surface area contributed by atoms with E-state index in [1.807, 2.05) is 18.7 Å². The van der Waals surface area contributed by atoms with E-state index in [9.17, 15) is 13.2 Å². The van der Waals surface area contributed by atoms with E-state index >= 15 is 8.78 Å². The van der Waals surface area contributed by atoms with Crippen LogP contribution in [0.1, 0.15) is 25.0 Å². The van der Waals surface area contributed by atoms with Crippen molar-refractivity contribution in [2.24, 2.45) is 0 Å². The number of aromatic nitrogens is 4. The van der Waals surface area contributed by atoms with E-state index in [0.717, 1.165) is 6.07 Å². The molecule has 0 amide bonds. The maximum absolute atomic E-state index is 15.1. The molecule has 14 heteroatoms. The Morgan fingerprint density at radius 3 is 2.37 bits per heavy atom. The molecule has 2 N–H and O–H groups in total. The standard InChI is InChI=1S/C29H31F5N8O/c1-17-14-41(15-18(2)37-17)27-23(29(32,33)34)9-20(13-35-27)38-28-36-12-19-3-4-42(26(19)39-28)21-10-24(30)22(25(31)11-21)16-40-5-7-43-8-6-40/h3-4,9-13,17-18,37H,5-8,14-16H2,1-2H3,(H,36,38,39). The number of halogens is 5. The van der Waals surface area contributed by atoms with Gasteiger partial charge in [0, 0.05) is 68.2 Å². The highest BCUT2D eigenvalue weighted by atomic mass is 19.4. The van der Waals surface area contributed by atoms with Gasteiger partial charge < -0.3 is 24.8 Å². The topological polar surface area (TPSA) is 83.4 Å². The van der Waals surface area contributed by atoms with Crippen molar-refractivity contribution in [3.05, 3.63) is 65.6 Å². The summed E-state index contributed by atoms with van der Waals surface area (Å²) in [4.78, 5) is 16.4. The van der Waals surface area contributed by atoms with Crippen LogP contribution in [0.5, 0.6) is 0 Å². The van der Waals surface area contributed by atoms with Gasteiger partial charge in [-0.05, 0) is 38.1 Å². The Morgan fingerprint density at radius 1 is 1.00 bits per heavy atom. The molecule has 0 aliphatic carbocycles. The highest BCUT2D eigenvalue weighted by Gasteiger charge is 2.37. The molecule has 43 heavy (non-hydrogen) atoms. The summed E-state index contributed by atoms with van der Waals surface area (Å²) >= 11 is 0. The lowest BCUT2D eigenvalue weighted by molar-refractivity contribution is -0.137. The lowest BCUT2D eigenvalue weighted by Gasteiger charge is -2.37. The van der Waals surface area contributed by atoms with Crippen molar-refractivity contribution in [2.75, 3.05) is 49.6 Å². The Morgan fingerprint density at radius 2 is 1.70 bits per heavy atom. The molecule has 6 rings (SSSR count).